The number of sulfonamides is 1. The number of hydrogen-bond acceptors (Lipinski definition) is 7. The molecule has 0 atom stereocenters. The number of nitrogens with one attached hydrogen (secondary N) is 1. The summed E-state index contributed by atoms with van der Waals surface area (Å²) in [6.07, 6.45) is 1.57. The Hall–Kier alpha value is -4.15. The van der Waals surface area contributed by atoms with Gasteiger partial charge < -0.3 is 14.4 Å². The standard InChI is InChI=1S/C29H30N4O5S/c1-37-25-13-10-23(26(19-25)38-2)20-32-15-17-33(18-16-32)29(34)22-8-11-24(12-9-22)31-39(35,36)27-7-3-5-21-6-4-14-30-28(21)27/h3-14,19,31H,15-18,20H2,1-2H3. The van der Waals surface area contributed by atoms with Gasteiger partial charge in [-0.1, -0.05) is 24.3 Å². The Morgan fingerprint density at radius 2 is 1.67 bits per heavy atom. The minimum atomic E-state index is -3.86. The first-order chi connectivity index (χ1) is 18.9. The SMILES string of the molecule is COc1ccc(CN2CCN(C(=O)c3ccc(NS(=O)(=O)c4cccc5cccnc45)cc3)CC2)c(OC)c1. The average Bonchev–Trinajstić information content (AvgIpc) is 2.97. The zero-order chi connectivity index (χ0) is 27.4. The number of nitrogens with zero attached hydrogens (tertiary/aromatic N) is 3. The molecule has 2 heterocycles. The minimum absolute atomic E-state index is 0.0793. The van der Waals surface area contributed by atoms with Gasteiger partial charge in [0.05, 0.1) is 19.7 Å². The molecular weight excluding hydrogens is 516 g/mol. The first kappa shape index (κ1) is 26.5. The predicted octanol–water partition coefficient (Wildman–Crippen LogP) is 4.01. The molecule has 0 saturated carbocycles. The van der Waals surface area contributed by atoms with E-state index in [9.17, 15) is 13.2 Å². The maximum atomic E-state index is 13.1. The van der Waals surface area contributed by atoms with Gasteiger partial charge in [0.2, 0.25) is 0 Å². The van der Waals surface area contributed by atoms with E-state index >= 15 is 0 Å². The molecule has 39 heavy (non-hydrogen) atoms. The number of ether oxygens (including phenoxy) is 2. The smallest absolute Gasteiger partial charge is 0.264 e. The molecule has 0 bridgehead atoms. The van der Waals surface area contributed by atoms with Crippen LogP contribution in [0.25, 0.3) is 10.9 Å². The molecule has 1 amide bonds. The van der Waals surface area contributed by atoms with Crippen molar-refractivity contribution in [2.75, 3.05) is 45.1 Å². The van der Waals surface area contributed by atoms with Crippen molar-refractivity contribution in [3.8, 4) is 11.5 Å². The zero-order valence-electron chi connectivity index (χ0n) is 21.8. The first-order valence-electron chi connectivity index (χ1n) is 12.6. The molecule has 202 valence electrons. The van der Waals surface area contributed by atoms with Crippen molar-refractivity contribution in [2.45, 2.75) is 11.4 Å². The van der Waals surface area contributed by atoms with Crippen LogP contribution < -0.4 is 14.2 Å². The fourth-order valence-electron chi connectivity index (χ4n) is 4.70. The molecule has 1 saturated heterocycles. The topological polar surface area (TPSA) is 101 Å². The zero-order valence-corrected chi connectivity index (χ0v) is 22.6. The Labute approximate surface area is 228 Å². The summed E-state index contributed by atoms with van der Waals surface area (Å²) in [6.45, 7) is 3.38. The fraction of sp³-hybridized carbons (Fsp3) is 0.241. The van der Waals surface area contributed by atoms with Gasteiger partial charge in [-0.2, -0.15) is 0 Å². The van der Waals surface area contributed by atoms with Crippen LogP contribution in [0.1, 0.15) is 15.9 Å². The third-order valence-electron chi connectivity index (χ3n) is 6.82. The van der Waals surface area contributed by atoms with Crippen molar-refractivity contribution < 1.29 is 22.7 Å². The van der Waals surface area contributed by atoms with Crippen LogP contribution in [-0.4, -0.2) is 69.5 Å². The molecule has 1 aliphatic rings. The van der Waals surface area contributed by atoms with Crippen molar-refractivity contribution in [1.82, 2.24) is 14.8 Å². The van der Waals surface area contributed by atoms with Gasteiger partial charge in [-0.3, -0.25) is 19.4 Å². The third-order valence-corrected chi connectivity index (χ3v) is 8.23. The highest BCUT2D eigenvalue weighted by atomic mass is 32.2. The van der Waals surface area contributed by atoms with Crippen LogP contribution in [0, 0.1) is 0 Å². The Morgan fingerprint density at radius 1 is 0.923 bits per heavy atom. The summed E-state index contributed by atoms with van der Waals surface area (Å²) < 4.78 is 39.5. The second-order valence-corrected chi connectivity index (χ2v) is 10.9. The Morgan fingerprint density at radius 3 is 2.38 bits per heavy atom. The molecule has 0 unspecified atom stereocenters. The van der Waals surface area contributed by atoms with Crippen LogP contribution >= 0.6 is 0 Å². The highest BCUT2D eigenvalue weighted by Gasteiger charge is 2.24. The monoisotopic (exact) mass is 546 g/mol. The molecule has 4 aromatic rings. The molecule has 0 radical (unpaired) electrons. The average molecular weight is 547 g/mol. The summed E-state index contributed by atoms with van der Waals surface area (Å²) in [7, 11) is -0.593. The Balaban J connectivity index is 1.20. The van der Waals surface area contributed by atoms with E-state index < -0.39 is 10.0 Å². The number of hydrogen-bond donors (Lipinski definition) is 1. The number of aromatic nitrogens is 1. The van der Waals surface area contributed by atoms with Gasteiger partial charge in [-0.05, 0) is 42.5 Å². The van der Waals surface area contributed by atoms with E-state index in [-0.39, 0.29) is 10.8 Å². The van der Waals surface area contributed by atoms with E-state index in [1.54, 1.807) is 56.8 Å². The molecule has 1 aromatic heterocycles. The number of pyridine rings is 1. The quantitative estimate of drug-likeness (QED) is 0.356. The number of para-hydroxylation sites is 1. The molecule has 1 N–H and O–H groups in total. The summed E-state index contributed by atoms with van der Waals surface area (Å²) in [5, 5.41) is 0.740. The summed E-state index contributed by atoms with van der Waals surface area (Å²) in [5.74, 6) is 1.44. The van der Waals surface area contributed by atoms with Crippen LogP contribution in [0.3, 0.4) is 0 Å². The van der Waals surface area contributed by atoms with Crippen molar-refractivity contribution in [2.24, 2.45) is 0 Å². The summed E-state index contributed by atoms with van der Waals surface area (Å²) in [6, 6.07) is 20.9. The number of rotatable bonds is 8. The molecule has 3 aromatic carbocycles. The predicted molar refractivity (Wildman–Crippen MR) is 150 cm³/mol. The van der Waals surface area contributed by atoms with Gasteiger partial charge in [-0.15, -0.1) is 0 Å². The molecule has 10 heteroatoms. The number of anilines is 1. The normalized spacial score (nSPS) is 14.3. The van der Waals surface area contributed by atoms with E-state index in [0.717, 1.165) is 42.1 Å². The van der Waals surface area contributed by atoms with Crippen molar-refractivity contribution >= 4 is 32.5 Å². The van der Waals surface area contributed by atoms with Crippen LogP contribution in [0.5, 0.6) is 11.5 Å². The Kier molecular flexibility index (Phi) is 7.67. The number of carbonyl (C=O) groups is 1. The molecule has 9 nitrogen and oxygen atoms in total. The largest absolute Gasteiger partial charge is 0.497 e. The van der Waals surface area contributed by atoms with Gasteiger partial charge in [0, 0.05) is 67.2 Å². The molecule has 1 aliphatic heterocycles. The van der Waals surface area contributed by atoms with Crippen molar-refractivity contribution in [3.05, 3.63) is 90.1 Å². The number of fused-ring (bicyclic) bond motifs is 1. The van der Waals surface area contributed by atoms with Crippen LogP contribution in [0.2, 0.25) is 0 Å². The highest BCUT2D eigenvalue weighted by molar-refractivity contribution is 7.93. The van der Waals surface area contributed by atoms with Gasteiger partial charge in [0.15, 0.2) is 0 Å². The lowest BCUT2D eigenvalue weighted by atomic mass is 10.1. The molecule has 0 aliphatic carbocycles. The van der Waals surface area contributed by atoms with Crippen molar-refractivity contribution in [3.63, 3.8) is 0 Å². The van der Waals surface area contributed by atoms with E-state index in [2.05, 4.69) is 14.6 Å². The fourth-order valence-corrected chi connectivity index (χ4v) is 5.94. The lowest BCUT2D eigenvalue weighted by molar-refractivity contribution is 0.0627. The van der Waals surface area contributed by atoms with E-state index in [1.807, 2.05) is 35.2 Å². The summed E-state index contributed by atoms with van der Waals surface area (Å²) >= 11 is 0. The number of amides is 1. The summed E-state index contributed by atoms with van der Waals surface area (Å²) in [4.78, 5) is 21.6. The van der Waals surface area contributed by atoms with Gasteiger partial charge in [0.25, 0.3) is 15.9 Å². The number of carbonyl (C=O) groups excluding carboxylic acids is 1. The molecule has 0 spiro atoms. The number of piperazine rings is 1. The van der Waals surface area contributed by atoms with E-state index in [0.29, 0.717) is 29.9 Å². The first-order valence-corrected chi connectivity index (χ1v) is 14.1. The van der Waals surface area contributed by atoms with Crippen LogP contribution in [0.4, 0.5) is 5.69 Å². The number of methoxy groups -OCH3 is 2. The van der Waals surface area contributed by atoms with Gasteiger partial charge in [0.1, 0.15) is 16.4 Å². The maximum absolute atomic E-state index is 13.1. The van der Waals surface area contributed by atoms with Gasteiger partial charge in [-0.25, -0.2) is 8.42 Å². The highest BCUT2D eigenvalue weighted by Crippen LogP contribution is 2.27. The van der Waals surface area contributed by atoms with Crippen LogP contribution in [0.15, 0.2) is 83.9 Å². The lowest BCUT2D eigenvalue weighted by Crippen LogP contribution is -2.48. The third kappa shape index (κ3) is 5.81. The second kappa shape index (κ2) is 11.3. The Bertz CT molecular complexity index is 1580. The van der Waals surface area contributed by atoms with Crippen LogP contribution in [-0.2, 0) is 16.6 Å². The minimum Gasteiger partial charge on any atom is -0.497 e. The van der Waals surface area contributed by atoms with E-state index in [4.69, 9.17) is 9.47 Å². The lowest BCUT2D eigenvalue weighted by Gasteiger charge is -2.35. The summed E-state index contributed by atoms with van der Waals surface area (Å²) in [5.41, 5.74) is 2.35. The number of benzene rings is 3. The second-order valence-electron chi connectivity index (χ2n) is 9.26. The van der Waals surface area contributed by atoms with E-state index in [1.165, 1.54) is 6.07 Å². The van der Waals surface area contributed by atoms with Crippen molar-refractivity contribution in [1.29, 1.82) is 0 Å². The molecule has 5 rings (SSSR count). The molecular formula is C29H30N4O5S. The van der Waals surface area contributed by atoms with Gasteiger partial charge >= 0.3 is 0 Å². The maximum Gasteiger partial charge on any atom is 0.264 e. The molecule has 1 fully saturated rings.